The van der Waals surface area contributed by atoms with Crippen LogP contribution in [0.1, 0.15) is 48.1 Å². The monoisotopic (exact) mass is 340 g/mol. The summed E-state index contributed by atoms with van der Waals surface area (Å²) < 4.78 is 3.84. The highest BCUT2D eigenvalue weighted by molar-refractivity contribution is 7.03. The second-order valence-corrected chi connectivity index (χ2v) is 7.36. The Morgan fingerprint density at radius 3 is 3.00 bits per heavy atom. The van der Waals surface area contributed by atoms with Gasteiger partial charge in [0.05, 0.1) is 6.04 Å². The molecule has 1 N–H and O–H groups in total. The van der Waals surface area contributed by atoms with Gasteiger partial charge in [0.1, 0.15) is 0 Å². The number of rotatable bonds is 3. The highest BCUT2D eigenvalue weighted by Gasteiger charge is 2.34. The minimum atomic E-state index is -0.0151. The first kappa shape index (κ1) is 15.3. The maximum atomic E-state index is 12.9. The van der Waals surface area contributed by atoms with Crippen molar-refractivity contribution in [3.63, 3.8) is 0 Å². The Morgan fingerprint density at radius 2 is 2.25 bits per heavy atom. The minimum Gasteiger partial charge on any atom is -0.356 e. The summed E-state index contributed by atoms with van der Waals surface area (Å²) in [4.78, 5) is 18.4. The van der Waals surface area contributed by atoms with Gasteiger partial charge in [0, 0.05) is 28.5 Å². The van der Waals surface area contributed by atoms with Gasteiger partial charge in [-0.25, -0.2) is 0 Å². The van der Waals surface area contributed by atoms with Crippen LogP contribution in [-0.4, -0.2) is 31.9 Å². The lowest BCUT2D eigenvalue weighted by molar-refractivity contribution is 0.0626. The zero-order valence-corrected chi connectivity index (χ0v) is 14.6. The van der Waals surface area contributed by atoms with E-state index in [9.17, 15) is 4.79 Å². The van der Waals surface area contributed by atoms with Crippen molar-refractivity contribution in [3.8, 4) is 0 Å². The Labute approximate surface area is 144 Å². The molecule has 0 spiro atoms. The highest BCUT2D eigenvalue weighted by Crippen LogP contribution is 2.38. The number of hydrogen-bond acceptors (Lipinski definition) is 4. The van der Waals surface area contributed by atoms with Gasteiger partial charge < -0.3 is 9.88 Å². The molecule has 1 aliphatic rings. The molecule has 1 unspecified atom stereocenters. The Kier molecular flexibility index (Phi) is 3.84. The van der Waals surface area contributed by atoms with E-state index in [1.807, 2.05) is 11.0 Å². The molecular formula is C18H20N4OS. The van der Waals surface area contributed by atoms with Gasteiger partial charge in [-0.2, -0.15) is 0 Å². The Hall–Kier alpha value is -2.21. The van der Waals surface area contributed by atoms with Gasteiger partial charge in [0.2, 0.25) is 0 Å². The number of hydrogen-bond donors (Lipinski definition) is 1. The van der Waals surface area contributed by atoms with Gasteiger partial charge in [0.15, 0.2) is 5.69 Å². The SMILES string of the molecule is CC(C)CC1c2[nH]c3ccccc3c2CCN1C(=O)c1csnn1. The third kappa shape index (κ3) is 2.51. The second kappa shape index (κ2) is 6.02. The first-order chi connectivity index (χ1) is 11.6. The molecular weight excluding hydrogens is 320 g/mol. The summed E-state index contributed by atoms with van der Waals surface area (Å²) in [6.07, 6.45) is 1.81. The molecule has 3 heterocycles. The van der Waals surface area contributed by atoms with E-state index in [0.717, 1.165) is 24.9 Å². The number of amides is 1. The van der Waals surface area contributed by atoms with Gasteiger partial charge in [0.25, 0.3) is 5.91 Å². The van der Waals surface area contributed by atoms with Crippen LogP contribution >= 0.6 is 11.5 Å². The normalized spacial score (nSPS) is 17.5. The van der Waals surface area contributed by atoms with E-state index < -0.39 is 0 Å². The van der Waals surface area contributed by atoms with E-state index >= 15 is 0 Å². The van der Waals surface area contributed by atoms with Crippen LogP contribution in [0.4, 0.5) is 0 Å². The quantitative estimate of drug-likeness (QED) is 0.789. The molecule has 1 aromatic carbocycles. The maximum Gasteiger partial charge on any atom is 0.275 e. The number of para-hydroxylation sites is 1. The maximum absolute atomic E-state index is 12.9. The molecule has 0 radical (unpaired) electrons. The number of fused-ring (bicyclic) bond motifs is 3. The zero-order valence-electron chi connectivity index (χ0n) is 13.8. The van der Waals surface area contributed by atoms with Gasteiger partial charge >= 0.3 is 0 Å². The Balaban J connectivity index is 1.78. The molecule has 0 fully saturated rings. The average molecular weight is 340 g/mol. The smallest absolute Gasteiger partial charge is 0.275 e. The van der Waals surface area contributed by atoms with Crippen LogP contribution in [0.3, 0.4) is 0 Å². The first-order valence-corrected chi connectivity index (χ1v) is 9.16. The summed E-state index contributed by atoms with van der Waals surface area (Å²) in [5.41, 5.74) is 4.15. The molecule has 1 atom stereocenters. The van der Waals surface area contributed by atoms with Crippen molar-refractivity contribution in [1.82, 2.24) is 19.5 Å². The van der Waals surface area contributed by atoms with Crippen molar-refractivity contribution in [1.29, 1.82) is 0 Å². The molecule has 0 saturated carbocycles. The summed E-state index contributed by atoms with van der Waals surface area (Å²) in [5.74, 6) is 0.481. The molecule has 0 saturated heterocycles. The topological polar surface area (TPSA) is 61.9 Å². The number of nitrogens with one attached hydrogen (secondary N) is 1. The fourth-order valence-electron chi connectivity index (χ4n) is 3.66. The van der Waals surface area contributed by atoms with Crippen LogP contribution < -0.4 is 0 Å². The van der Waals surface area contributed by atoms with Crippen molar-refractivity contribution in [2.75, 3.05) is 6.54 Å². The molecule has 1 amide bonds. The number of nitrogens with zero attached hydrogens (tertiary/aromatic N) is 3. The van der Waals surface area contributed by atoms with Crippen LogP contribution in [-0.2, 0) is 6.42 Å². The number of aromatic amines is 1. The van der Waals surface area contributed by atoms with Crippen molar-refractivity contribution in [3.05, 3.63) is 46.6 Å². The summed E-state index contributed by atoms with van der Waals surface area (Å²) in [6, 6.07) is 8.46. The standard InChI is InChI=1S/C18H20N4OS/c1-11(2)9-16-17-13(12-5-3-4-6-14(12)19-17)7-8-22(16)18(23)15-10-24-21-20-15/h3-6,10-11,16,19H,7-9H2,1-2H3. The second-order valence-electron chi connectivity index (χ2n) is 6.75. The van der Waals surface area contributed by atoms with E-state index in [1.165, 1.54) is 28.2 Å². The van der Waals surface area contributed by atoms with Crippen LogP contribution in [0.5, 0.6) is 0 Å². The van der Waals surface area contributed by atoms with Crippen LogP contribution in [0.25, 0.3) is 10.9 Å². The Morgan fingerprint density at radius 1 is 1.42 bits per heavy atom. The summed E-state index contributed by atoms with van der Waals surface area (Å²) in [5, 5.41) is 6.98. The molecule has 124 valence electrons. The first-order valence-electron chi connectivity index (χ1n) is 8.32. The molecule has 6 heteroatoms. The molecule has 24 heavy (non-hydrogen) atoms. The van der Waals surface area contributed by atoms with Crippen molar-refractivity contribution >= 4 is 28.3 Å². The molecule has 2 aromatic heterocycles. The largest absolute Gasteiger partial charge is 0.356 e. The van der Waals surface area contributed by atoms with E-state index in [1.54, 1.807) is 5.38 Å². The lowest BCUT2D eigenvalue weighted by atomic mass is 9.91. The van der Waals surface area contributed by atoms with Crippen LogP contribution in [0.15, 0.2) is 29.6 Å². The van der Waals surface area contributed by atoms with Crippen molar-refractivity contribution in [2.45, 2.75) is 32.7 Å². The highest BCUT2D eigenvalue weighted by atomic mass is 32.1. The molecule has 0 bridgehead atoms. The predicted octanol–water partition coefficient (Wildman–Crippen LogP) is 3.81. The lowest BCUT2D eigenvalue weighted by Crippen LogP contribution is -2.40. The van der Waals surface area contributed by atoms with Crippen LogP contribution in [0.2, 0.25) is 0 Å². The molecule has 1 aliphatic heterocycles. The lowest BCUT2D eigenvalue weighted by Gasteiger charge is -2.36. The van der Waals surface area contributed by atoms with Gasteiger partial charge in [-0.3, -0.25) is 4.79 Å². The molecule has 4 rings (SSSR count). The number of carbonyl (C=O) groups excluding carboxylic acids is 1. The van der Waals surface area contributed by atoms with E-state index in [-0.39, 0.29) is 11.9 Å². The zero-order chi connectivity index (χ0) is 16.7. The number of carbonyl (C=O) groups is 1. The third-order valence-corrected chi connectivity index (χ3v) is 5.20. The van der Waals surface area contributed by atoms with E-state index in [0.29, 0.717) is 11.6 Å². The fraction of sp³-hybridized carbons (Fsp3) is 0.389. The minimum absolute atomic E-state index is 0.0151. The fourth-order valence-corrected chi connectivity index (χ4v) is 4.09. The summed E-state index contributed by atoms with van der Waals surface area (Å²) >= 11 is 1.22. The van der Waals surface area contributed by atoms with Crippen LogP contribution in [0, 0.1) is 5.92 Å². The van der Waals surface area contributed by atoms with Gasteiger partial charge in [-0.1, -0.05) is 36.5 Å². The van der Waals surface area contributed by atoms with Crippen molar-refractivity contribution < 1.29 is 4.79 Å². The third-order valence-electron chi connectivity index (χ3n) is 4.69. The molecule has 0 aliphatic carbocycles. The van der Waals surface area contributed by atoms with E-state index in [4.69, 9.17) is 0 Å². The average Bonchev–Trinajstić information content (AvgIpc) is 3.22. The van der Waals surface area contributed by atoms with Crippen molar-refractivity contribution in [2.24, 2.45) is 5.92 Å². The number of aromatic nitrogens is 3. The summed E-state index contributed by atoms with van der Waals surface area (Å²) in [6.45, 7) is 5.12. The number of H-pyrrole nitrogens is 1. The van der Waals surface area contributed by atoms with Gasteiger partial charge in [-0.15, -0.1) is 5.10 Å². The van der Waals surface area contributed by atoms with E-state index in [2.05, 4.69) is 46.6 Å². The molecule has 3 aromatic rings. The van der Waals surface area contributed by atoms with Gasteiger partial charge in [-0.05, 0) is 41.9 Å². The number of benzene rings is 1. The Bertz CT molecular complexity index is 868. The molecule has 5 nitrogen and oxygen atoms in total. The summed E-state index contributed by atoms with van der Waals surface area (Å²) in [7, 11) is 0. The predicted molar refractivity (Wildman–Crippen MR) is 95.1 cm³/mol.